The molecule has 0 aromatic carbocycles. The van der Waals surface area contributed by atoms with Gasteiger partial charge in [0.25, 0.3) is 0 Å². The minimum Gasteiger partial charge on any atom is -0.337 e. The molecule has 1 aliphatic rings. The summed E-state index contributed by atoms with van der Waals surface area (Å²) in [5.74, 6) is 1.75. The first-order chi connectivity index (χ1) is 8.69. The summed E-state index contributed by atoms with van der Waals surface area (Å²) in [6, 6.07) is 0. The molecular formula is C12H17N5O. The Morgan fingerprint density at radius 3 is 2.78 bits per heavy atom. The number of nitrogens with two attached hydrogens (primary N) is 1. The van der Waals surface area contributed by atoms with Crippen LogP contribution in [0.4, 0.5) is 0 Å². The number of rotatable bonds is 2. The summed E-state index contributed by atoms with van der Waals surface area (Å²) in [7, 11) is 1.90. The van der Waals surface area contributed by atoms with Crippen molar-refractivity contribution in [1.82, 2.24) is 19.7 Å². The van der Waals surface area contributed by atoms with E-state index >= 15 is 0 Å². The number of imidazole rings is 1. The fourth-order valence-corrected chi connectivity index (χ4v) is 2.49. The van der Waals surface area contributed by atoms with Gasteiger partial charge in [-0.25, -0.2) is 4.98 Å². The maximum atomic E-state index is 6.36. The highest BCUT2D eigenvalue weighted by Gasteiger charge is 2.35. The average molecular weight is 247 g/mol. The highest BCUT2D eigenvalue weighted by atomic mass is 16.5. The lowest BCUT2D eigenvalue weighted by Gasteiger charge is -2.29. The van der Waals surface area contributed by atoms with Crippen LogP contribution in [0.15, 0.2) is 16.9 Å². The van der Waals surface area contributed by atoms with Crippen LogP contribution < -0.4 is 5.73 Å². The van der Waals surface area contributed by atoms with Gasteiger partial charge in [-0.3, -0.25) is 0 Å². The summed E-state index contributed by atoms with van der Waals surface area (Å²) in [4.78, 5) is 8.63. The second-order valence-corrected chi connectivity index (χ2v) is 5.00. The molecule has 6 heteroatoms. The minimum atomic E-state index is -0.450. The van der Waals surface area contributed by atoms with Gasteiger partial charge in [0, 0.05) is 19.4 Å². The summed E-state index contributed by atoms with van der Waals surface area (Å²) in [6.45, 7) is 0. The number of nitrogens with zero attached hydrogens (tertiary/aromatic N) is 4. The predicted molar refractivity (Wildman–Crippen MR) is 65.5 cm³/mol. The Morgan fingerprint density at radius 2 is 2.11 bits per heavy atom. The fourth-order valence-electron chi connectivity index (χ4n) is 2.49. The van der Waals surface area contributed by atoms with E-state index in [-0.39, 0.29) is 0 Å². The smallest absolute Gasteiger partial charge is 0.247 e. The van der Waals surface area contributed by atoms with Crippen LogP contribution in [-0.4, -0.2) is 19.7 Å². The normalized spacial score (nSPS) is 19.0. The first-order valence-corrected chi connectivity index (χ1v) is 6.30. The van der Waals surface area contributed by atoms with Crippen LogP contribution >= 0.6 is 0 Å². The second-order valence-electron chi connectivity index (χ2n) is 5.00. The van der Waals surface area contributed by atoms with Gasteiger partial charge in [0.15, 0.2) is 5.82 Å². The van der Waals surface area contributed by atoms with Gasteiger partial charge in [-0.05, 0) is 12.8 Å². The third kappa shape index (κ3) is 1.82. The maximum absolute atomic E-state index is 6.36. The second kappa shape index (κ2) is 4.20. The topological polar surface area (TPSA) is 82.8 Å². The molecule has 0 spiro atoms. The minimum absolute atomic E-state index is 0.450. The third-order valence-corrected chi connectivity index (χ3v) is 3.62. The van der Waals surface area contributed by atoms with Crippen LogP contribution in [0.25, 0.3) is 11.6 Å². The first-order valence-electron chi connectivity index (χ1n) is 6.30. The largest absolute Gasteiger partial charge is 0.337 e. The quantitative estimate of drug-likeness (QED) is 0.871. The van der Waals surface area contributed by atoms with E-state index in [1.165, 1.54) is 6.42 Å². The molecule has 2 heterocycles. The number of hydrogen-bond acceptors (Lipinski definition) is 5. The standard InChI is InChI=1S/C12H17N5O/c1-17-8-7-14-10(17)9-15-11(18-16-9)12(13)5-3-2-4-6-12/h7-8H,2-6,13H2,1H3. The van der Waals surface area contributed by atoms with Crippen molar-refractivity contribution in [2.24, 2.45) is 12.8 Å². The van der Waals surface area contributed by atoms with Gasteiger partial charge < -0.3 is 14.8 Å². The van der Waals surface area contributed by atoms with Gasteiger partial charge in [-0.15, -0.1) is 0 Å². The molecular weight excluding hydrogens is 230 g/mol. The molecule has 0 atom stereocenters. The first kappa shape index (κ1) is 11.4. The third-order valence-electron chi connectivity index (χ3n) is 3.62. The Hall–Kier alpha value is -1.69. The summed E-state index contributed by atoms with van der Waals surface area (Å²) in [5.41, 5.74) is 5.91. The number of aromatic nitrogens is 4. The molecule has 3 rings (SSSR count). The summed E-state index contributed by atoms with van der Waals surface area (Å²) >= 11 is 0. The molecule has 2 N–H and O–H groups in total. The molecule has 96 valence electrons. The van der Waals surface area contributed by atoms with Crippen molar-refractivity contribution >= 4 is 0 Å². The van der Waals surface area contributed by atoms with E-state index in [4.69, 9.17) is 10.3 Å². The van der Waals surface area contributed by atoms with Crippen molar-refractivity contribution in [3.05, 3.63) is 18.3 Å². The fraction of sp³-hybridized carbons (Fsp3) is 0.583. The monoisotopic (exact) mass is 247 g/mol. The lowest BCUT2D eigenvalue weighted by atomic mass is 9.82. The van der Waals surface area contributed by atoms with Crippen LogP contribution in [0.1, 0.15) is 38.0 Å². The zero-order chi connectivity index (χ0) is 12.6. The molecule has 2 aromatic heterocycles. The van der Waals surface area contributed by atoms with Gasteiger partial charge >= 0.3 is 0 Å². The molecule has 6 nitrogen and oxygen atoms in total. The van der Waals surface area contributed by atoms with E-state index in [1.54, 1.807) is 6.20 Å². The van der Waals surface area contributed by atoms with Crippen molar-refractivity contribution in [2.45, 2.75) is 37.6 Å². The van der Waals surface area contributed by atoms with Gasteiger partial charge in [0.2, 0.25) is 11.7 Å². The van der Waals surface area contributed by atoms with E-state index < -0.39 is 5.54 Å². The van der Waals surface area contributed by atoms with Crippen molar-refractivity contribution < 1.29 is 4.52 Å². The lowest BCUT2D eigenvalue weighted by molar-refractivity contribution is 0.220. The molecule has 18 heavy (non-hydrogen) atoms. The highest BCUT2D eigenvalue weighted by molar-refractivity contribution is 5.42. The van der Waals surface area contributed by atoms with Crippen molar-refractivity contribution in [3.8, 4) is 11.6 Å². The molecule has 0 radical (unpaired) electrons. The van der Waals surface area contributed by atoms with E-state index in [0.717, 1.165) is 25.7 Å². The molecule has 0 aliphatic heterocycles. The molecule has 1 aliphatic carbocycles. The average Bonchev–Trinajstić information content (AvgIpc) is 2.98. The Labute approximate surface area is 105 Å². The predicted octanol–water partition coefficient (Wildman–Crippen LogP) is 1.59. The Bertz CT molecular complexity index is 538. The van der Waals surface area contributed by atoms with E-state index in [2.05, 4.69) is 15.1 Å². The molecule has 0 bridgehead atoms. The van der Waals surface area contributed by atoms with Gasteiger partial charge in [-0.2, -0.15) is 4.98 Å². The molecule has 1 saturated carbocycles. The van der Waals surface area contributed by atoms with Crippen molar-refractivity contribution in [3.63, 3.8) is 0 Å². The Kier molecular flexibility index (Phi) is 2.66. The van der Waals surface area contributed by atoms with Crippen LogP contribution in [0.2, 0.25) is 0 Å². The van der Waals surface area contributed by atoms with Crippen LogP contribution in [0.3, 0.4) is 0 Å². The van der Waals surface area contributed by atoms with Crippen molar-refractivity contribution in [2.75, 3.05) is 0 Å². The van der Waals surface area contributed by atoms with Crippen molar-refractivity contribution in [1.29, 1.82) is 0 Å². The zero-order valence-electron chi connectivity index (χ0n) is 10.5. The maximum Gasteiger partial charge on any atom is 0.247 e. The highest BCUT2D eigenvalue weighted by Crippen LogP contribution is 2.34. The number of aryl methyl sites for hydroxylation is 1. The Balaban J connectivity index is 1.92. The molecule has 0 saturated heterocycles. The lowest BCUT2D eigenvalue weighted by Crippen LogP contribution is -2.38. The summed E-state index contributed by atoms with van der Waals surface area (Å²) in [6.07, 6.45) is 8.87. The van der Waals surface area contributed by atoms with Gasteiger partial charge in [0.05, 0.1) is 5.54 Å². The summed E-state index contributed by atoms with van der Waals surface area (Å²) in [5, 5.41) is 3.99. The number of hydrogen-bond donors (Lipinski definition) is 1. The summed E-state index contributed by atoms with van der Waals surface area (Å²) < 4.78 is 7.21. The SMILES string of the molecule is Cn1ccnc1-c1noc(C2(N)CCCCC2)n1. The van der Waals surface area contributed by atoms with Crippen LogP contribution in [-0.2, 0) is 12.6 Å². The van der Waals surface area contributed by atoms with Crippen LogP contribution in [0, 0.1) is 0 Å². The van der Waals surface area contributed by atoms with Crippen LogP contribution in [0.5, 0.6) is 0 Å². The molecule has 0 amide bonds. The molecule has 1 fully saturated rings. The van der Waals surface area contributed by atoms with E-state index in [0.29, 0.717) is 17.5 Å². The zero-order valence-corrected chi connectivity index (χ0v) is 10.5. The Morgan fingerprint density at radius 1 is 1.33 bits per heavy atom. The van der Waals surface area contributed by atoms with E-state index in [9.17, 15) is 0 Å². The van der Waals surface area contributed by atoms with Gasteiger partial charge in [0.1, 0.15) is 0 Å². The molecule has 0 unspecified atom stereocenters. The van der Waals surface area contributed by atoms with Gasteiger partial charge in [-0.1, -0.05) is 24.4 Å². The molecule has 2 aromatic rings. The van der Waals surface area contributed by atoms with E-state index in [1.807, 2.05) is 17.8 Å².